The van der Waals surface area contributed by atoms with Crippen molar-refractivity contribution in [1.82, 2.24) is 0 Å². The van der Waals surface area contributed by atoms with Gasteiger partial charge in [0.1, 0.15) is 6.10 Å². The van der Waals surface area contributed by atoms with Gasteiger partial charge in [-0.15, -0.1) is 0 Å². The van der Waals surface area contributed by atoms with E-state index in [0.29, 0.717) is 12.6 Å². The van der Waals surface area contributed by atoms with Crippen molar-refractivity contribution in [3.63, 3.8) is 0 Å². The van der Waals surface area contributed by atoms with E-state index >= 15 is 0 Å². The SMILES string of the molecule is COCC(O)c1ccc2c(c1)NC(C)C2(C)C. The molecular formula is C14H21NO2. The molecule has 1 aliphatic rings. The van der Waals surface area contributed by atoms with E-state index in [1.807, 2.05) is 12.1 Å². The van der Waals surface area contributed by atoms with Crippen molar-refractivity contribution in [3.05, 3.63) is 29.3 Å². The third-order valence-electron chi connectivity index (χ3n) is 3.90. The van der Waals surface area contributed by atoms with Gasteiger partial charge < -0.3 is 15.2 Å². The number of ether oxygens (including phenoxy) is 1. The quantitative estimate of drug-likeness (QED) is 0.845. The van der Waals surface area contributed by atoms with E-state index in [1.165, 1.54) is 5.56 Å². The fourth-order valence-corrected chi connectivity index (χ4v) is 2.35. The summed E-state index contributed by atoms with van der Waals surface area (Å²) in [5, 5.41) is 13.4. The van der Waals surface area contributed by atoms with Gasteiger partial charge >= 0.3 is 0 Å². The Morgan fingerprint density at radius 1 is 1.47 bits per heavy atom. The Balaban J connectivity index is 2.32. The Labute approximate surface area is 103 Å². The van der Waals surface area contributed by atoms with Crippen LogP contribution in [-0.4, -0.2) is 24.9 Å². The van der Waals surface area contributed by atoms with Crippen molar-refractivity contribution in [2.24, 2.45) is 0 Å². The second-order valence-electron chi connectivity index (χ2n) is 5.36. The molecule has 3 heteroatoms. The van der Waals surface area contributed by atoms with Crippen LogP contribution in [-0.2, 0) is 10.2 Å². The predicted molar refractivity (Wildman–Crippen MR) is 69.4 cm³/mol. The molecule has 0 fully saturated rings. The van der Waals surface area contributed by atoms with Crippen molar-refractivity contribution in [3.8, 4) is 0 Å². The molecule has 1 aromatic rings. The summed E-state index contributed by atoms with van der Waals surface area (Å²) in [6, 6.07) is 6.54. The molecule has 0 amide bonds. The first-order valence-corrected chi connectivity index (χ1v) is 6.04. The van der Waals surface area contributed by atoms with Gasteiger partial charge in [-0.3, -0.25) is 0 Å². The summed E-state index contributed by atoms with van der Waals surface area (Å²) in [5.41, 5.74) is 3.50. The largest absolute Gasteiger partial charge is 0.386 e. The summed E-state index contributed by atoms with van der Waals surface area (Å²) in [7, 11) is 1.60. The molecule has 2 unspecified atom stereocenters. The van der Waals surface area contributed by atoms with Crippen LogP contribution in [0.25, 0.3) is 0 Å². The maximum Gasteiger partial charge on any atom is 0.102 e. The van der Waals surface area contributed by atoms with Crippen LogP contribution in [0.5, 0.6) is 0 Å². The minimum atomic E-state index is -0.550. The first-order valence-electron chi connectivity index (χ1n) is 6.04. The molecule has 1 aromatic carbocycles. The van der Waals surface area contributed by atoms with Gasteiger partial charge in [0.05, 0.1) is 6.61 Å². The predicted octanol–water partition coefficient (Wildman–Crippen LogP) is 2.46. The standard InChI is InChI=1S/C14H21NO2/c1-9-14(2,3)11-6-5-10(7-12(11)15-9)13(16)8-17-4/h5-7,9,13,15-16H,8H2,1-4H3. The number of aliphatic hydroxyl groups excluding tert-OH is 1. The smallest absolute Gasteiger partial charge is 0.102 e. The van der Waals surface area contributed by atoms with Crippen LogP contribution in [0.1, 0.15) is 38.0 Å². The molecule has 1 heterocycles. The third-order valence-corrected chi connectivity index (χ3v) is 3.90. The zero-order chi connectivity index (χ0) is 12.6. The second kappa shape index (κ2) is 4.31. The molecule has 0 spiro atoms. The average Bonchev–Trinajstić information content (AvgIpc) is 2.50. The molecule has 0 radical (unpaired) electrons. The molecule has 0 aromatic heterocycles. The zero-order valence-corrected chi connectivity index (χ0v) is 10.9. The lowest BCUT2D eigenvalue weighted by molar-refractivity contribution is 0.0644. The summed E-state index contributed by atoms with van der Waals surface area (Å²) in [4.78, 5) is 0. The lowest BCUT2D eigenvalue weighted by Crippen LogP contribution is -2.29. The average molecular weight is 235 g/mol. The minimum absolute atomic E-state index is 0.139. The van der Waals surface area contributed by atoms with Crippen LogP contribution in [0, 0.1) is 0 Å². The van der Waals surface area contributed by atoms with E-state index in [-0.39, 0.29) is 5.41 Å². The molecule has 0 bridgehead atoms. The molecule has 0 saturated heterocycles. The summed E-state index contributed by atoms with van der Waals surface area (Å²) in [6.07, 6.45) is -0.550. The summed E-state index contributed by atoms with van der Waals surface area (Å²) >= 11 is 0. The highest BCUT2D eigenvalue weighted by atomic mass is 16.5. The van der Waals surface area contributed by atoms with Gasteiger partial charge in [-0.1, -0.05) is 26.0 Å². The molecule has 1 aliphatic heterocycles. The third kappa shape index (κ3) is 2.05. The van der Waals surface area contributed by atoms with Crippen LogP contribution < -0.4 is 5.32 Å². The first kappa shape index (κ1) is 12.4. The fraction of sp³-hybridized carbons (Fsp3) is 0.571. The summed E-state index contributed by atoms with van der Waals surface area (Å²) in [6.45, 7) is 6.99. The monoisotopic (exact) mass is 235 g/mol. The van der Waals surface area contributed by atoms with Gasteiger partial charge in [-0.25, -0.2) is 0 Å². The Hall–Kier alpha value is -1.06. The minimum Gasteiger partial charge on any atom is -0.386 e. The lowest BCUT2D eigenvalue weighted by Gasteiger charge is -2.24. The number of fused-ring (bicyclic) bond motifs is 1. The van der Waals surface area contributed by atoms with E-state index in [1.54, 1.807) is 7.11 Å². The number of aliphatic hydroxyl groups is 1. The normalized spacial score (nSPS) is 23.0. The van der Waals surface area contributed by atoms with Gasteiger partial charge in [-0.05, 0) is 24.1 Å². The molecular weight excluding hydrogens is 214 g/mol. The molecule has 2 N–H and O–H groups in total. The van der Waals surface area contributed by atoms with Gasteiger partial charge in [-0.2, -0.15) is 0 Å². The topological polar surface area (TPSA) is 41.5 Å². The van der Waals surface area contributed by atoms with E-state index in [0.717, 1.165) is 11.3 Å². The van der Waals surface area contributed by atoms with E-state index in [4.69, 9.17) is 4.74 Å². The van der Waals surface area contributed by atoms with Crippen LogP contribution in [0.4, 0.5) is 5.69 Å². The van der Waals surface area contributed by atoms with Crippen LogP contribution in [0.3, 0.4) is 0 Å². The van der Waals surface area contributed by atoms with Crippen molar-refractivity contribution >= 4 is 5.69 Å². The van der Waals surface area contributed by atoms with E-state index < -0.39 is 6.10 Å². The Morgan fingerprint density at radius 3 is 2.82 bits per heavy atom. The van der Waals surface area contributed by atoms with Gasteiger partial charge in [0.15, 0.2) is 0 Å². The number of hydrogen-bond donors (Lipinski definition) is 2. The maximum atomic E-state index is 9.90. The number of anilines is 1. The molecule has 94 valence electrons. The number of nitrogens with one attached hydrogen (secondary N) is 1. The molecule has 17 heavy (non-hydrogen) atoms. The molecule has 2 atom stereocenters. The highest BCUT2D eigenvalue weighted by molar-refractivity contribution is 5.62. The summed E-state index contributed by atoms with van der Waals surface area (Å²) in [5.74, 6) is 0. The van der Waals surface area contributed by atoms with E-state index in [2.05, 4.69) is 32.2 Å². The van der Waals surface area contributed by atoms with E-state index in [9.17, 15) is 5.11 Å². The number of rotatable bonds is 3. The highest BCUT2D eigenvalue weighted by Gasteiger charge is 2.36. The van der Waals surface area contributed by atoms with Gasteiger partial charge in [0, 0.05) is 24.3 Å². The van der Waals surface area contributed by atoms with Crippen molar-refractivity contribution in [1.29, 1.82) is 0 Å². The molecule has 2 rings (SSSR count). The zero-order valence-electron chi connectivity index (χ0n) is 10.9. The van der Waals surface area contributed by atoms with Crippen molar-refractivity contribution in [2.45, 2.75) is 38.3 Å². The maximum absolute atomic E-state index is 9.90. The van der Waals surface area contributed by atoms with Crippen LogP contribution in [0.15, 0.2) is 18.2 Å². The van der Waals surface area contributed by atoms with Crippen LogP contribution >= 0.6 is 0 Å². The molecule has 0 aliphatic carbocycles. The first-order chi connectivity index (χ1) is 7.96. The number of benzene rings is 1. The number of methoxy groups -OCH3 is 1. The Morgan fingerprint density at radius 2 is 2.18 bits per heavy atom. The molecule has 0 saturated carbocycles. The van der Waals surface area contributed by atoms with Crippen LogP contribution in [0.2, 0.25) is 0 Å². The van der Waals surface area contributed by atoms with Gasteiger partial charge in [0.25, 0.3) is 0 Å². The highest BCUT2D eigenvalue weighted by Crippen LogP contribution is 2.41. The van der Waals surface area contributed by atoms with Crippen molar-refractivity contribution < 1.29 is 9.84 Å². The number of hydrogen-bond acceptors (Lipinski definition) is 3. The van der Waals surface area contributed by atoms with Gasteiger partial charge in [0.2, 0.25) is 0 Å². The second-order valence-corrected chi connectivity index (χ2v) is 5.36. The molecule has 3 nitrogen and oxygen atoms in total. The van der Waals surface area contributed by atoms with Crippen molar-refractivity contribution in [2.75, 3.05) is 19.0 Å². The fourth-order valence-electron chi connectivity index (χ4n) is 2.35. The summed E-state index contributed by atoms with van der Waals surface area (Å²) < 4.78 is 4.97. The Bertz CT molecular complexity index is 415. The lowest BCUT2D eigenvalue weighted by atomic mass is 9.81. The Kier molecular flexibility index (Phi) is 3.15.